The Kier molecular flexibility index (Phi) is 10.0. The van der Waals surface area contributed by atoms with Crippen molar-refractivity contribution in [1.29, 1.82) is 0 Å². The summed E-state index contributed by atoms with van der Waals surface area (Å²) in [6.45, 7) is 22.9. The van der Waals surface area contributed by atoms with Gasteiger partial charge in [0, 0.05) is 36.1 Å². The Morgan fingerprint density at radius 1 is 1.05 bits per heavy atom. The second kappa shape index (κ2) is 12.7. The maximum atomic E-state index is 13.6. The van der Waals surface area contributed by atoms with Crippen molar-refractivity contribution in [3.8, 4) is 17.0 Å². The molecule has 1 atom stereocenters. The molecule has 7 heteroatoms. The number of aryl methyl sites for hydroxylation is 1. The first kappa shape index (κ1) is 30.9. The van der Waals surface area contributed by atoms with Crippen LogP contribution in [0.15, 0.2) is 24.5 Å². The molecule has 0 aliphatic carbocycles. The fraction of sp³-hybridized carbons (Fsp3) is 0.656. The van der Waals surface area contributed by atoms with Crippen LogP contribution in [0.4, 0.5) is 5.69 Å². The molecule has 1 saturated heterocycles. The highest BCUT2D eigenvalue weighted by molar-refractivity contribution is 5.86. The Balaban J connectivity index is 2.21. The van der Waals surface area contributed by atoms with Crippen molar-refractivity contribution in [3.05, 3.63) is 35.8 Å². The lowest BCUT2D eigenvalue weighted by molar-refractivity contribution is -0.171. The van der Waals surface area contributed by atoms with Crippen molar-refractivity contribution in [1.82, 2.24) is 9.97 Å². The van der Waals surface area contributed by atoms with Gasteiger partial charge in [0.1, 0.15) is 5.75 Å². The summed E-state index contributed by atoms with van der Waals surface area (Å²) in [6, 6.07) is 3.93. The highest BCUT2D eigenvalue weighted by Crippen LogP contribution is 2.43. The fourth-order valence-electron chi connectivity index (χ4n) is 4.74. The lowest BCUT2D eigenvalue weighted by atomic mass is 9.82. The molecule has 0 amide bonds. The zero-order valence-electron chi connectivity index (χ0n) is 25.8. The average molecular weight is 540 g/mol. The van der Waals surface area contributed by atoms with Crippen LogP contribution in [0.3, 0.4) is 0 Å². The second-order valence-electron chi connectivity index (χ2n) is 13.1. The Morgan fingerprint density at radius 3 is 2.23 bits per heavy atom. The maximum Gasteiger partial charge on any atom is 0.340 e. The SMILES string of the molecule is CCc1ncc(-c2ccc(OCC(C)C)cn2)c(N2CCC(C)(C)CC2)c1[C@H](OC(C)(C)C)C(=O)OC(C)C. The van der Waals surface area contributed by atoms with E-state index in [0.717, 1.165) is 59.9 Å². The van der Waals surface area contributed by atoms with Gasteiger partial charge in [-0.1, -0.05) is 34.6 Å². The molecule has 0 bridgehead atoms. The van der Waals surface area contributed by atoms with Crippen LogP contribution in [-0.4, -0.2) is 47.3 Å². The van der Waals surface area contributed by atoms with Gasteiger partial charge >= 0.3 is 5.97 Å². The third-order valence-electron chi connectivity index (χ3n) is 6.83. The molecule has 3 heterocycles. The molecule has 3 rings (SSSR count). The van der Waals surface area contributed by atoms with Crippen molar-refractivity contribution < 1.29 is 19.0 Å². The van der Waals surface area contributed by atoms with E-state index in [9.17, 15) is 4.79 Å². The van der Waals surface area contributed by atoms with Crippen LogP contribution in [0, 0.1) is 11.3 Å². The molecule has 0 saturated carbocycles. The molecule has 216 valence electrons. The van der Waals surface area contributed by atoms with Crippen LogP contribution in [-0.2, 0) is 20.7 Å². The van der Waals surface area contributed by atoms with Gasteiger partial charge < -0.3 is 19.1 Å². The van der Waals surface area contributed by atoms with Gasteiger partial charge in [0.05, 0.1) is 35.9 Å². The molecule has 2 aromatic rings. The van der Waals surface area contributed by atoms with Gasteiger partial charge in [-0.15, -0.1) is 0 Å². The van der Waals surface area contributed by atoms with Gasteiger partial charge in [0.2, 0.25) is 0 Å². The maximum absolute atomic E-state index is 13.6. The fourth-order valence-corrected chi connectivity index (χ4v) is 4.74. The number of ether oxygens (including phenoxy) is 3. The molecule has 0 spiro atoms. The molecule has 39 heavy (non-hydrogen) atoms. The summed E-state index contributed by atoms with van der Waals surface area (Å²) in [5.41, 5.74) is 3.96. The summed E-state index contributed by atoms with van der Waals surface area (Å²) in [4.78, 5) is 25.7. The van der Waals surface area contributed by atoms with Gasteiger partial charge in [0.15, 0.2) is 6.10 Å². The van der Waals surface area contributed by atoms with Crippen LogP contribution in [0.5, 0.6) is 5.75 Å². The third-order valence-corrected chi connectivity index (χ3v) is 6.83. The number of aromatic nitrogens is 2. The quantitative estimate of drug-likeness (QED) is 0.296. The van der Waals surface area contributed by atoms with Crippen molar-refractivity contribution in [2.24, 2.45) is 11.3 Å². The molecule has 1 aliphatic heterocycles. The topological polar surface area (TPSA) is 73.8 Å². The molecule has 7 nitrogen and oxygen atoms in total. The average Bonchev–Trinajstić information content (AvgIpc) is 2.84. The Bertz CT molecular complexity index is 1090. The van der Waals surface area contributed by atoms with E-state index in [2.05, 4.69) is 39.5 Å². The van der Waals surface area contributed by atoms with Gasteiger partial charge in [-0.3, -0.25) is 9.97 Å². The van der Waals surface area contributed by atoms with Gasteiger partial charge in [0.25, 0.3) is 0 Å². The molecule has 1 aliphatic rings. The lowest BCUT2D eigenvalue weighted by Gasteiger charge is -2.41. The highest BCUT2D eigenvalue weighted by atomic mass is 16.6. The predicted octanol–water partition coefficient (Wildman–Crippen LogP) is 7.18. The van der Waals surface area contributed by atoms with E-state index in [0.29, 0.717) is 18.9 Å². The van der Waals surface area contributed by atoms with Crippen molar-refractivity contribution in [3.63, 3.8) is 0 Å². The van der Waals surface area contributed by atoms with E-state index in [1.54, 1.807) is 6.20 Å². The molecular weight excluding hydrogens is 490 g/mol. The summed E-state index contributed by atoms with van der Waals surface area (Å²) in [5.74, 6) is 0.775. The molecule has 0 N–H and O–H groups in total. The minimum Gasteiger partial charge on any atom is -0.492 e. The summed E-state index contributed by atoms with van der Waals surface area (Å²) in [6.07, 6.45) is 5.26. The van der Waals surface area contributed by atoms with Crippen LogP contribution in [0.1, 0.15) is 99.4 Å². The van der Waals surface area contributed by atoms with Crippen LogP contribution >= 0.6 is 0 Å². The number of nitrogens with zero attached hydrogens (tertiary/aromatic N) is 3. The Labute approximate surface area is 235 Å². The largest absolute Gasteiger partial charge is 0.492 e. The molecule has 2 aromatic heterocycles. The number of hydrogen-bond donors (Lipinski definition) is 0. The summed E-state index contributed by atoms with van der Waals surface area (Å²) < 4.78 is 18.1. The molecular formula is C32H49N3O4. The number of piperidine rings is 1. The van der Waals surface area contributed by atoms with E-state index in [-0.39, 0.29) is 11.5 Å². The van der Waals surface area contributed by atoms with E-state index in [1.165, 1.54) is 0 Å². The smallest absolute Gasteiger partial charge is 0.340 e. The molecule has 0 radical (unpaired) electrons. The first-order chi connectivity index (χ1) is 18.2. The molecule has 0 unspecified atom stereocenters. The molecule has 0 aromatic carbocycles. The van der Waals surface area contributed by atoms with Crippen LogP contribution in [0.2, 0.25) is 0 Å². The normalized spacial score (nSPS) is 16.5. The summed E-state index contributed by atoms with van der Waals surface area (Å²) in [7, 11) is 0. The van der Waals surface area contributed by atoms with E-state index in [1.807, 2.05) is 52.9 Å². The Hall–Kier alpha value is -2.67. The number of pyridine rings is 2. The first-order valence-electron chi connectivity index (χ1n) is 14.4. The number of carbonyl (C=O) groups is 1. The van der Waals surface area contributed by atoms with E-state index < -0.39 is 17.7 Å². The monoisotopic (exact) mass is 539 g/mol. The van der Waals surface area contributed by atoms with Crippen molar-refractivity contribution in [2.45, 2.75) is 106 Å². The van der Waals surface area contributed by atoms with Crippen molar-refractivity contribution >= 4 is 11.7 Å². The highest BCUT2D eigenvalue weighted by Gasteiger charge is 2.37. The minimum absolute atomic E-state index is 0.260. The zero-order valence-corrected chi connectivity index (χ0v) is 25.8. The standard InChI is InChI=1S/C32H49N3O4/c1-11-25-27(29(39-31(6,7)8)30(36)38-22(4)5)28(35-16-14-32(9,10)15-17-35)24(19-34-25)26-13-12-23(18-33-26)37-20-21(2)3/h12-13,18-19,21-22,29H,11,14-17,20H2,1-10H3/t29-/m0/s1. The number of hydrogen-bond acceptors (Lipinski definition) is 7. The first-order valence-corrected chi connectivity index (χ1v) is 14.4. The van der Waals surface area contributed by atoms with Gasteiger partial charge in [-0.05, 0) is 77.3 Å². The lowest BCUT2D eigenvalue weighted by Crippen LogP contribution is -2.39. The van der Waals surface area contributed by atoms with Gasteiger partial charge in [-0.25, -0.2) is 4.79 Å². The van der Waals surface area contributed by atoms with E-state index in [4.69, 9.17) is 24.2 Å². The summed E-state index contributed by atoms with van der Waals surface area (Å²) in [5, 5.41) is 0. The van der Waals surface area contributed by atoms with Crippen LogP contribution < -0.4 is 9.64 Å². The number of rotatable bonds is 10. The molecule has 1 fully saturated rings. The number of anilines is 1. The van der Waals surface area contributed by atoms with Crippen molar-refractivity contribution in [2.75, 3.05) is 24.6 Å². The summed E-state index contributed by atoms with van der Waals surface area (Å²) >= 11 is 0. The minimum atomic E-state index is -0.909. The predicted molar refractivity (Wildman–Crippen MR) is 157 cm³/mol. The number of carbonyl (C=O) groups excluding carboxylic acids is 1. The second-order valence-corrected chi connectivity index (χ2v) is 13.1. The van der Waals surface area contributed by atoms with Gasteiger partial charge in [-0.2, -0.15) is 0 Å². The third kappa shape index (κ3) is 8.41. The number of esters is 1. The van der Waals surface area contributed by atoms with E-state index >= 15 is 0 Å². The zero-order chi connectivity index (χ0) is 29.0. The Morgan fingerprint density at radius 2 is 1.72 bits per heavy atom. The van der Waals surface area contributed by atoms with Crippen LogP contribution in [0.25, 0.3) is 11.3 Å².